The molecule has 0 spiro atoms. The number of benzene rings is 1. The summed E-state index contributed by atoms with van der Waals surface area (Å²) in [5.74, 6) is -0.492. The molecule has 7 heteroatoms. The molecule has 2 unspecified atom stereocenters. The molecule has 2 rings (SSSR count). The van der Waals surface area contributed by atoms with E-state index in [-0.39, 0.29) is 23.5 Å². The van der Waals surface area contributed by atoms with Gasteiger partial charge in [0, 0.05) is 18.8 Å². The summed E-state index contributed by atoms with van der Waals surface area (Å²) in [6.45, 7) is 4.32. The van der Waals surface area contributed by atoms with Gasteiger partial charge in [0.1, 0.15) is 9.84 Å². The second-order valence-electron chi connectivity index (χ2n) is 6.21. The molecule has 1 aromatic rings. The molecule has 0 amide bonds. The van der Waals surface area contributed by atoms with E-state index < -0.39 is 19.9 Å². The van der Waals surface area contributed by atoms with Crippen LogP contribution in [0.4, 0.5) is 0 Å². The first-order chi connectivity index (χ1) is 10.1. The third kappa shape index (κ3) is 4.30. The minimum atomic E-state index is -3.54. The van der Waals surface area contributed by atoms with Crippen molar-refractivity contribution in [1.82, 2.24) is 4.31 Å². The summed E-state index contributed by atoms with van der Waals surface area (Å²) in [6, 6.07) is 8.04. The molecular weight excluding hydrogens is 322 g/mol. The van der Waals surface area contributed by atoms with Crippen molar-refractivity contribution in [2.24, 2.45) is 0 Å². The Bertz CT molecular complexity index is 723. The molecule has 5 nitrogen and oxygen atoms in total. The Balaban J connectivity index is 2.11. The molecular formula is C15H23NO4S2. The van der Waals surface area contributed by atoms with Crippen molar-refractivity contribution in [2.45, 2.75) is 32.2 Å². The van der Waals surface area contributed by atoms with Gasteiger partial charge in [-0.2, -0.15) is 4.31 Å². The van der Waals surface area contributed by atoms with Crippen LogP contribution >= 0.6 is 0 Å². The summed E-state index contributed by atoms with van der Waals surface area (Å²) in [7, 11) is -6.82. The Labute approximate surface area is 133 Å². The molecule has 2 atom stereocenters. The molecule has 0 aliphatic carbocycles. The fraction of sp³-hybridized carbons (Fsp3) is 0.600. The first kappa shape index (κ1) is 17.4. The van der Waals surface area contributed by atoms with Crippen molar-refractivity contribution >= 4 is 19.9 Å². The standard InChI is InChI=1S/C15H23NO4S2/c1-12-4-6-14(7-5-12)15-10-13(2)16(11-15)22(19,20)9-8-21(3,17)18/h4-7,13,15H,8-11H2,1-3H3. The van der Waals surface area contributed by atoms with E-state index in [9.17, 15) is 16.8 Å². The molecule has 1 aromatic carbocycles. The number of hydrogen-bond donors (Lipinski definition) is 0. The van der Waals surface area contributed by atoms with Crippen LogP contribution in [0.25, 0.3) is 0 Å². The topological polar surface area (TPSA) is 71.5 Å². The van der Waals surface area contributed by atoms with Crippen molar-refractivity contribution in [2.75, 3.05) is 24.3 Å². The Morgan fingerprint density at radius 1 is 1.09 bits per heavy atom. The highest BCUT2D eigenvalue weighted by Gasteiger charge is 2.37. The average Bonchev–Trinajstić information content (AvgIpc) is 2.80. The maximum Gasteiger partial charge on any atom is 0.215 e. The summed E-state index contributed by atoms with van der Waals surface area (Å²) >= 11 is 0. The molecule has 1 aliphatic heterocycles. The lowest BCUT2D eigenvalue weighted by molar-refractivity contribution is 0.408. The molecule has 1 saturated heterocycles. The lowest BCUT2D eigenvalue weighted by Gasteiger charge is -2.20. The number of nitrogens with zero attached hydrogens (tertiary/aromatic N) is 1. The van der Waals surface area contributed by atoms with E-state index in [0.29, 0.717) is 6.54 Å². The molecule has 0 bridgehead atoms. The van der Waals surface area contributed by atoms with Crippen LogP contribution in [-0.2, 0) is 19.9 Å². The zero-order chi connectivity index (χ0) is 16.5. The lowest BCUT2D eigenvalue weighted by Crippen LogP contribution is -2.37. The second kappa shape index (κ2) is 6.29. The maximum atomic E-state index is 12.4. The number of hydrogen-bond acceptors (Lipinski definition) is 4. The lowest BCUT2D eigenvalue weighted by atomic mass is 9.96. The molecule has 124 valence electrons. The Hall–Kier alpha value is -0.920. The van der Waals surface area contributed by atoms with Gasteiger partial charge in [0.2, 0.25) is 10.0 Å². The van der Waals surface area contributed by atoms with E-state index in [1.165, 1.54) is 9.87 Å². The van der Waals surface area contributed by atoms with Crippen molar-refractivity contribution in [3.63, 3.8) is 0 Å². The van der Waals surface area contributed by atoms with Gasteiger partial charge in [-0.05, 0) is 31.7 Å². The van der Waals surface area contributed by atoms with E-state index >= 15 is 0 Å². The normalized spacial score (nSPS) is 23.8. The van der Waals surface area contributed by atoms with Gasteiger partial charge in [-0.3, -0.25) is 0 Å². The second-order valence-corrected chi connectivity index (χ2v) is 10.5. The summed E-state index contributed by atoms with van der Waals surface area (Å²) < 4.78 is 48.6. The zero-order valence-corrected chi connectivity index (χ0v) is 14.8. The Kier molecular flexibility index (Phi) is 4.99. The number of sulfone groups is 1. The molecule has 0 aromatic heterocycles. The van der Waals surface area contributed by atoms with Gasteiger partial charge in [0.15, 0.2) is 0 Å². The SMILES string of the molecule is Cc1ccc(C2CC(C)N(S(=O)(=O)CCS(C)(=O)=O)C2)cc1. The van der Waals surface area contributed by atoms with Crippen molar-refractivity contribution in [1.29, 1.82) is 0 Å². The van der Waals surface area contributed by atoms with E-state index in [1.807, 2.05) is 38.1 Å². The van der Waals surface area contributed by atoms with Crippen LogP contribution in [0.1, 0.15) is 30.4 Å². The van der Waals surface area contributed by atoms with Gasteiger partial charge >= 0.3 is 0 Å². The van der Waals surface area contributed by atoms with E-state index in [4.69, 9.17) is 0 Å². The molecule has 0 radical (unpaired) electrons. The largest absolute Gasteiger partial charge is 0.229 e. The number of aryl methyl sites for hydroxylation is 1. The highest BCUT2D eigenvalue weighted by Crippen LogP contribution is 2.33. The Morgan fingerprint density at radius 3 is 2.23 bits per heavy atom. The van der Waals surface area contributed by atoms with Gasteiger partial charge in [-0.1, -0.05) is 29.8 Å². The van der Waals surface area contributed by atoms with Gasteiger partial charge in [0.25, 0.3) is 0 Å². The maximum absolute atomic E-state index is 12.4. The summed E-state index contributed by atoms with van der Waals surface area (Å²) in [5.41, 5.74) is 2.31. The monoisotopic (exact) mass is 345 g/mol. The predicted molar refractivity (Wildman–Crippen MR) is 88.2 cm³/mol. The molecule has 1 fully saturated rings. The molecule has 1 heterocycles. The zero-order valence-electron chi connectivity index (χ0n) is 13.2. The quantitative estimate of drug-likeness (QED) is 0.812. The molecule has 1 aliphatic rings. The van der Waals surface area contributed by atoms with Crippen molar-refractivity contribution in [3.8, 4) is 0 Å². The van der Waals surface area contributed by atoms with Gasteiger partial charge in [-0.15, -0.1) is 0 Å². The van der Waals surface area contributed by atoms with Crippen LogP contribution in [0.15, 0.2) is 24.3 Å². The molecule has 0 N–H and O–H groups in total. The first-order valence-electron chi connectivity index (χ1n) is 7.32. The summed E-state index contributed by atoms with van der Waals surface area (Å²) in [4.78, 5) is 0. The fourth-order valence-corrected chi connectivity index (χ4v) is 6.17. The van der Waals surface area contributed by atoms with Crippen LogP contribution in [0.5, 0.6) is 0 Å². The third-order valence-corrected chi connectivity index (χ3v) is 7.28. The molecule has 22 heavy (non-hydrogen) atoms. The van der Waals surface area contributed by atoms with Gasteiger partial charge in [-0.25, -0.2) is 16.8 Å². The highest BCUT2D eigenvalue weighted by atomic mass is 32.2. The first-order valence-corrected chi connectivity index (χ1v) is 11.0. The summed E-state index contributed by atoms with van der Waals surface area (Å²) in [6.07, 6.45) is 1.83. The number of sulfonamides is 1. The minimum absolute atomic E-state index is 0.101. The minimum Gasteiger partial charge on any atom is -0.229 e. The van der Waals surface area contributed by atoms with Gasteiger partial charge in [0.05, 0.1) is 11.5 Å². The van der Waals surface area contributed by atoms with Crippen LogP contribution in [-0.4, -0.2) is 51.5 Å². The fourth-order valence-electron chi connectivity index (χ4n) is 2.84. The van der Waals surface area contributed by atoms with Crippen molar-refractivity contribution in [3.05, 3.63) is 35.4 Å². The van der Waals surface area contributed by atoms with E-state index in [2.05, 4.69) is 0 Å². The number of rotatable bonds is 5. The van der Waals surface area contributed by atoms with E-state index in [0.717, 1.165) is 18.2 Å². The molecule has 0 saturated carbocycles. The summed E-state index contributed by atoms with van der Waals surface area (Å²) in [5, 5.41) is 0. The van der Waals surface area contributed by atoms with Crippen LogP contribution < -0.4 is 0 Å². The van der Waals surface area contributed by atoms with Gasteiger partial charge < -0.3 is 0 Å². The predicted octanol–water partition coefficient (Wildman–Crippen LogP) is 1.55. The average molecular weight is 345 g/mol. The van der Waals surface area contributed by atoms with E-state index in [1.54, 1.807) is 0 Å². The smallest absolute Gasteiger partial charge is 0.215 e. The van der Waals surface area contributed by atoms with Crippen LogP contribution in [0, 0.1) is 6.92 Å². The van der Waals surface area contributed by atoms with Crippen LogP contribution in [0.3, 0.4) is 0 Å². The van der Waals surface area contributed by atoms with Crippen LogP contribution in [0.2, 0.25) is 0 Å². The Morgan fingerprint density at radius 2 is 1.68 bits per heavy atom. The highest BCUT2D eigenvalue weighted by molar-refractivity contribution is 7.93. The van der Waals surface area contributed by atoms with Crippen molar-refractivity contribution < 1.29 is 16.8 Å². The third-order valence-electron chi connectivity index (χ3n) is 4.14.